The second kappa shape index (κ2) is 8.48. The van der Waals surface area contributed by atoms with Crippen molar-refractivity contribution < 1.29 is 14.4 Å². The van der Waals surface area contributed by atoms with Crippen LogP contribution in [0.15, 0.2) is 41.1 Å². The molecule has 1 atom stereocenters. The number of carbonyl (C=O) groups is 1. The molecule has 2 N–H and O–H groups in total. The fourth-order valence-electron chi connectivity index (χ4n) is 2.68. The van der Waals surface area contributed by atoms with Gasteiger partial charge in [0.05, 0.1) is 6.20 Å². The van der Waals surface area contributed by atoms with Crippen molar-refractivity contribution in [3.63, 3.8) is 0 Å². The van der Waals surface area contributed by atoms with Gasteiger partial charge in [0.15, 0.2) is 5.76 Å². The number of nitrogens with one attached hydrogen (secondary N) is 1. The summed E-state index contributed by atoms with van der Waals surface area (Å²) in [6, 6.07) is 9.44. The molecule has 1 unspecified atom stereocenters. The highest BCUT2D eigenvalue weighted by Gasteiger charge is 2.19. The molecule has 5 nitrogen and oxygen atoms in total. The van der Waals surface area contributed by atoms with Crippen LogP contribution in [0, 0.1) is 11.8 Å². The van der Waals surface area contributed by atoms with E-state index in [1.807, 2.05) is 30.3 Å². The number of aliphatic hydroxyl groups is 1. The summed E-state index contributed by atoms with van der Waals surface area (Å²) in [7, 11) is 0. The maximum absolute atomic E-state index is 12.4. The summed E-state index contributed by atoms with van der Waals surface area (Å²) in [6.45, 7) is 4.95. The van der Waals surface area contributed by atoms with Crippen molar-refractivity contribution in [2.75, 3.05) is 13.2 Å². The molecule has 0 radical (unpaired) electrons. The van der Waals surface area contributed by atoms with Gasteiger partial charge in [-0.1, -0.05) is 49.3 Å². The minimum atomic E-state index is -0.197. The van der Waals surface area contributed by atoms with E-state index in [2.05, 4.69) is 24.3 Å². The minimum absolute atomic E-state index is 0.135. The molecular formula is C18H24N2O3. The Morgan fingerprint density at radius 2 is 2.04 bits per heavy atom. The molecule has 5 heteroatoms. The van der Waals surface area contributed by atoms with Gasteiger partial charge in [-0.25, -0.2) is 0 Å². The third-order valence-corrected chi connectivity index (χ3v) is 3.74. The third kappa shape index (κ3) is 4.93. The first kappa shape index (κ1) is 17.2. The Balaban J connectivity index is 2.03. The second-order valence-corrected chi connectivity index (χ2v) is 6.15. The van der Waals surface area contributed by atoms with E-state index in [0.29, 0.717) is 30.2 Å². The van der Waals surface area contributed by atoms with Crippen LogP contribution in [0.25, 0.3) is 11.3 Å². The van der Waals surface area contributed by atoms with Crippen molar-refractivity contribution in [3.8, 4) is 11.3 Å². The van der Waals surface area contributed by atoms with Crippen LogP contribution < -0.4 is 5.32 Å². The molecule has 2 rings (SSSR count). The van der Waals surface area contributed by atoms with E-state index in [0.717, 1.165) is 12.0 Å². The molecule has 0 saturated heterocycles. The summed E-state index contributed by atoms with van der Waals surface area (Å²) in [5.74, 6) is 1.07. The summed E-state index contributed by atoms with van der Waals surface area (Å²) in [6.07, 6.45) is 3.10. The molecule has 124 valence electrons. The maximum atomic E-state index is 12.4. The van der Waals surface area contributed by atoms with Crippen LogP contribution in [0.4, 0.5) is 0 Å². The van der Waals surface area contributed by atoms with Crippen LogP contribution in [0.1, 0.15) is 37.0 Å². The fraction of sp³-hybridized carbons (Fsp3) is 0.444. The predicted octanol–water partition coefficient (Wildman–Crippen LogP) is 3.12. The molecule has 1 amide bonds. The first-order valence-corrected chi connectivity index (χ1v) is 8.01. The van der Waals surface area contributed by atoms with Crippen LogP contribution >= 0.6 is 0 Å². The molecule has 0 bridgehead atoms. The van der Waals surface area contributed by atoms with Crippen LogP contribution in [0.2, 0.25) is 0 Å². The van der Waals surface area contributed by atoms with Gasteiger partial charge in [-0.15, -0.1) is 0 Å². The van der Waals surface area contributed by atoms with Crippen molar-refractivity contribution in [2.45, 2.75) is 26.7 Å². The second-order valence-electron chi connectivity index (χ2n) is 6.15. The van der Waals surface area contributed by atoms with Crippen molar-refractivity contribution >= 4 is 5.91 Å². The number of hydrogen-bond acceptors (Lipinski definition) is 4. The van der Waals surface area contributed by atoms with Crippen molar-refractivity contribution in [1.29, 1.82) is 0 Å². The van der Waals surface area contributed by atoms with E-state index >= 15 is 0 Å². The molecule has 0 spiro atoms. The van der Waals surface area contributed by atoms with Gasteiger partial charge in [0, 0.05) is 18.7 Å². The summed E-state index contributed by atoms with van der Waals surface area (Å²) < 4.78 is 5.24. The Hall–Kier alpha value is -2.14. The molecule has 0 saturated carbocycles. The zero-order chi connectivity index (χ0) is 16.7. The van der Waals surface area contributed by atoms with Crippen molar-refractivity contribution in [3.05, 3.63) is 42.1 Å². The van der Waals surface area contributed by atoms with E-state index in [1.165, 1.54) is 6.20 Å². The van der Waals surface area contributed by atoms with E-state index < -0.39 is 0 Å². The van der Waals surface area contributed by atoms with Gasteiger partial charge in [-0.05, 0) is 24.7 Å². The van der Waals surface area contributed by atoms with Gasteiger partial charge >= 0.3 is 0 Å². The maximum Gasteiger partial charge on any atom is 0.256 e. The summed E-state index contributed by atoms with van der Waals surface area (Å²) in [5.41, 5.74) is 1.26. The largest absolute Gasteiger partial charge is 0.396 e. The zero-order valence-corrected chi connectivity index (χ0v) is 13.7. The van der Waals surface area contributed by atoms with Gasteiger partial charge in [-0.2, -0.15) is 0 Å². The standard InChI is InChI=1S/C18H24N2O3/c1-13(2)10-14(8-9-21)11-19-18(22)16-12-20-23-17(16)15-6-4-3-5-7-15/h3-7,12-14,21H,8-11H2,1-2H3,(H,19,22). The average molecular weight is 316 g/mol. The molecule has 23 heavy (non-hydrogen) atoms. The topological polar surface area (TPSA) is 75.4 Å². The number of aliphatic hydroxyl groups excluding tert-OH is 1. The molecule has 0 aliphatic rings. The number of carbonyl (C=O) groups excluding carboxylic acids is 1. The van der Waals surface area contributed by atoms with Crippen LogP contribution in [-0.2, 0) is 0 Å². The van der Waals surface area contributed by atoms with E-state index in [9.17, 15) is 4.79 Å². The Labute approximate surface area is 136 Å². The van der Waals surface area contributed by atoms with Gasteiger partial charge in [-0.3, -0.25) is 4.79 Å². The highest BCUT2D eigenvalue weighted by molar-refractivity contribution is 5.99. The van der Waals surface area contributed by atoms with E-state index in [1.54, 1.807) is 0 Å². The highest BCUT2D eigenvalue weighted by atomic mass is 16.5. The number of rotatable bonds is 8. The fourth-order valence-corrected chi connectivity index (χ4v) is 2.68. The Kier molecular flexibility index (Phi) is 6.35. The molecule has 1 aromatic carbocycles. The monoisotopic (exact) mass is 316 g/mol. The Morgan fingerprint density at radius 3 is 2.70 bits per heavy atom. The zero-order valence-electron chi connectivity index (χ0n) is 13.7. The molecule has 1 aromatic heterocycles. The first-order valence-electron chi connectivity index (χ1n) is 8.01. The number of hydrogen-bond donors (Lipinski definition) is 2. The normalized spacial score (nSPS) is 12.3. The summed E-state index contributed by atoms with van der Waals surface area (Å²) >= 11 is 0. The van der Waals surface area contributed by atoms with E-state index in [4.69, 9.17) is 9.63 Å². The molecule has 1 heterocycles. The molecule has 0 aliphatic carbocycles. The molecule has 0 aliphatic heterocycles. The number of nitrogens with zero attached hydrogens (tertiary/aromatic N) is 1. The van der Waals surface area contributed by atoms with Gasteiger partial charge < -0.3 is 14.9 Å². The molecular weight excluding hydrogens is 292 g/mol. The van der Waals surface area contributed by atoms with Crippen LogP contribution in [0.5, 0.6) is 0 Å². The third-order valence-electron chi connectivity index (χ3n) is 3.74. The smallest absolute Gasteiger partial charge is 0.256 e. The van der Waals surface area contributed by atoms with Gasteiger partial charge in [0.25, 0.3) is 5.91 Å². The van der Waals surface area contributed by atoms with Gasteiger partial charge in [0.2, 0.25) is 0 Å². The minimum Gasteiger partial charge on any atom is -0.396 e. The number of aromatic nitrogens is 1. The molecule has 0 fully saturated rings. The summed E-state index contributed by atoms with van der Waals surface area (Å²) in [5, 5.41) is 15.8. The SMILES string of the molecule is CC(C)CC(CCO)CNC(=O)c1cnoc1-c1ccccc1. The lowest BCUT2D eigenvalue weighted by Crippen LogP contribution is -2.30. The number of amides is 1. The first-order chi connectivity index (χ1) is 11.1. The van der Waals surface area contributed by atoms with Crippen molar-refractivity contribution in [1.82, 2.24) is 10.5 Å². The van der Waals surface area contributed by atoms with Gasteiger partial charge in [0.1, 0.15) is 5.56 Å². The highest BCUT2D eigenvalue weighted by Crippen LogP contribution is 2.23. The average Bonchev–Trinajstić information content (AvgIpc) is 3.02. The van der Waals surface area contributed by atoms with Crippen LogP contribution in [-0.4, -0.2) is 29.3 Å². The van der Waals surface area contributed by atoms with Crippen LogP contribution in [0.3, 0.4) is 0 Å². The summed E-state index contributed by atoms with van der Waals surface area (Å²) in [4.78, 5) is 12.4. The number of benzene rings is 1. The predicted molar refractivity (Wildman–Crippen MR) is 88.9 cm³/mol. The lowest BCUT2D eigenvalue weighted by Gasteiger charge is -2.18. The van der Waals surface area contributed by atoms with Crippen molar-refractivity contribution in [2.24, 2.45) is 11.8 Å². The Morgan fingerprint density at radius 1 is 1.30 bits per heavy atom. The lowest BCUT2D eigenvalue weighted by atomic mass is 9.94. The lowest BCUT2D eigenvalue weighted by molar-refractivity contribution is 0.0941. The van der Waals surface area contributed by atoms with E-state index in [-0.39, 0.29) is 18.4 Å². The Bertz CT molecular complexity index is 608. The molecule has 2 aromatic rings. The quantitative estimate of drug-likeness (QED) is 0.784.